The van der Waals surface area contributed by atoms with Crippen LogP contribution in [-0.4, -0.2) is 108 Å². The lowest BCUT2D eigenvalue weighted by molar-refractivity contribution is -0.188. The van der Waals surface area contributed by atoms with Crippen molar-refractivity contribution in [2.75, 3.05) is 59.5 Å². The summed E-state index contributed by atoms with van der Waals surface area (Å²) in [6.45, 7) is 7.84. The predicted molar refractivity (Wildman–Crippen MR) is 137 cm³/mol. The molecule has 4 rings (SSSR count). The summed E-state index contributed by atoms with van der Waals surface area (Å²) in [5, 5.41) is 11.8. The van der Waals surface area contributed by atoms with E-state index in [0.717, 1.165) is 36.1 Å². The van der Waals surface area contributed by atoms with Crippen LogP contribution < -0.4 is 4.74 Å². The largest absolute Gasteiger partial charge is 0.493 e. The van der Waals surface area contributed by atoms with Crippen LogP contribution in [0.15, 0.2) is 18.2 Å². The van der Waals surface area contributed by atoms with E-state index in [1.165, 1.54) is 5.06 Å². The minimum Gasteiger partial charge on any atom is -0.493 e. The Morgan fingerprint density at radius 2 is 2.03 bits per heavy atom. The van der Waals surface area contributed by atoms with Crippen molar-refractivity contribution in [2.45, 2.75) is 51.5 Å². The van der Waals surface area contributed by atoms with Gasteiger partial charge in [-0.1, -0.05) is 26.0 Å². The lowest BCUT2D eigenvalue weighted by Gasteiger charge is -2.30. The molecule has 37 heavy (non-hydrogen) atoms. The molecule has 3 aliphatic heterocycles. The second kappa shape index (κ2) is 12.1. The number of benzene rings is 1. The number of ether oxygens (including phenoxy) is 1. The first-order valence-electron chi connectivity index (χ1n) is 13.5. The van der Waals surface area contributed by atoms with E-state index in [0.29, 0.717) is 52.4 Å². The number of aliphatic carboxylic acids is 1. The van der Waals surface area contributed by atoms with Crippen LogP contribution in [0.1, 0.15) is 50.2 Å². The van der Waals surface area contributed by atoms with Crippen LogP contribution in [-0.2, 0) is 20.8 Å². The number of urea groups is 1. The highest BCUT2D eigenvalue weighted by atomic mass is 16.7. The highest BCUT2D eigenvalue weighted by Gasteiger charge is 2.47. The SMILES string of the molecule is CCCON(CCC)C(=O)CN1CC(c2ccc3c(c2)CCO3)C(C(=O)O)C1CCN1CCN(C)C1=O. The van der Waals surface area contributed by atoms with Gasteiger partial charge in [-0.2, -0.15) is 0 Å². The molecule has 3 amide bonds. The van der Waals surface area contributed by atoms with Gasteiger partial charge in [0, 0.05) is 58.2 Å². The number of rotatable bonds is 12. The standard InChI is InChI=1S/C27H40N4O6/c1-4-10-31(37-14-5-2)24(32)18-30-17-21(19-6-7-23-20(16-19)9-15-36-23)25(26(33)34)22(30)8-11-29-13-12-28(3)27(29)35/h6-7,16,21-22,25H,4-5,8-15,17-18H2,1-3H3,(H,33,34). The number of likely N-dealkylation sites (N-methyl/N-ethyl adjacent to an activating group) is 1. The molecule has 10 heteroatoms. The maximum absolute atomic E-state index is 13.3. The summed E-state index contributed by atoms with van der Waals surface area (Å²) in [4.78, 5) is 49.6. The van der Waals surface area contributed by atoms with Gasteiger partial charge in [-0.05, 0) is 36.5 Å². The van der Waals surface area contributed by atoms with Crippen LogP contribution in [0.5, 0.6) is 5.75 Å². The van der Waals surface area contributed by atoms with Crippen LogP contribution in [0.4, 0.5) is 4.79 Å². The fraction of sp³-hybridized carbons (Fsp3) is 0.667. The van der Waals surface area contributed by atoms with Gasteiger partial charge in [0.15, 0.2) is 0 Å². The highest BCUT2D eigenvalue weighted by Crippen LogP contribution is 2.41. The van der Waals surface area contributed by atoms with Crippen molar-refractivity contribution < 1.29 is 29.1 Å². The number of carboxylic acids is 1. The van der Waals surface area contributed by atoms with Gasteiger partial charge in [-0.25, -0.2) is 9.86 Å². The number of amides is 3. The van der Waals surface area contributed by atoms with E-state index in [1.807, 2.05) is 30.9 Å². The van der Waals surface area contributed by atoms with E-state index >= 15 is 0 Å². The summed E-state index contributed by atoms with van der Waals surface area (Å²) < 4.78 is 5.65. The van der Waals surface area contributed by atoms with Gasteiger partial charge in [-0.15, -0.1) is 0 Å². The summed E-state index contributed by atoms with van der Waals surface area (Å²) in [6.07, 6.45) is 2.85. The fourth-order valence-electron chi connectivity index (χ4n) is 5.74. The van der Waals surface area contributed by atoms with Crippen molar-refractivity contribution in [3.63, 3.8) is 0 Å². The van der Waals surface area contributed by atoms with Gasteiger partial charge < -0.3 is 19.6 Å². The van der Waals surface area contributed by atoms with Crippen molar-refractivity contribution in [3.8, 4) is 5.75 Å². The van der Waals surface area contributed by atoms with Crippen LogP contribution in [0.2, 0.25) is 0 Å². The molecular weight excluding hydrogens is 476 g/mol. The van der Waals surface area contributed by atoms with E-state index < -0.39 is 11.9 Å². The summed E-state index contributed by atoms with van der Waals surface area (Å²) >= 11 is 0. The Morgan fingerprint density at radius 1 is 1.22 bits per heavy atom. The summed E-state index contributed by atoms with van der Waals surface area (Å²) in [7, 11) is 1.77. The number of hydroxylamine groups is 2. The third-order valence-corrected chi connectivity index (χ3v) is 7.67. The van der Waals surface area contributed by atoms with Gasteiger partial charge in [0.25, 0.3) is 5.91 Å². The van der Waals surface area contributed by atoms with Crippen LogP contribution in [0.3, 0.4) is 0 Å². The lowest BCUT2D eigenvalue weighted by Crippen LogP contribution is -2.45. The fourth-order valence-corrected chi connectivity index (χ4v) is 5.74. The Balaban J connectivity index is 1.58. The molecule has 10 nitrogen and oxygen atoms in total. The van der Waals surface area contributed by atoms with E-state index in [9.17, 15) is 19.5 Å². The molecule has 0 aromatic heterocycles. The van der Waals surface area contributed by atoms with Crippen molar-refractivity contribution in [3.05, 3.63) is 29.3 Å². The second-order valence-electron chi connectivity index (χ2n) is 10.2. The number of likely N-dealkylation sites (tertiary alicyclic amines) is 1. The maximum Gasteiger partial charge on any atom is 0.319 e. The Kier molecular flexibility index (Phi) is 8.91. The van der Waals surface area contributed by atoms with Gasteiger partial charge >= 0.3 is 12.0 Å². The average Bonchev–Trinajstić information content (AvgIpc) is 3.58. The molecule has 3 heterocycles. The van der Waals surface area contributed by atoms with Crippen molar-refractivity contribution in [2.24, 2.45) is 5.92 Å². The molecule has 204 valence electrons. The number of hydrogen-bond donors (Lipinski definition) is 1. The minimum absolute atomic E-state index is 0.0373. The van der Waals surface area contributed by atoms with Crippen LogP contribution in [0.25, 0.3) is 0 Å². The van der Waals surface area contributed by atoms with Crippen LogP contribution in [0, 0.1) is 5.92 Å². The topological polar surface area (TPSA) is 103 Å². The van der Waals surface area contributed by atoms with Crippen molar-refractivity contribution >= 4 is 17.9 Å². The van der Waals surface area contributed by atoms with E-state index in [1.54, 1.807) is 16.8 Å². The van der Waals surface area contributed by atoms with E-state index in [4.69, 9.17) is 9.57 Å². The third-order valence-electron chi connectivity index (χ3n) is 7.67. The summed E-state index contributed by atoms with van der Waals surface area (Å²) in [5.74, 6) is -1.14. The zero-order valence-corrected chi connectivity index (χ0v) is 22.2. The quantitative estimate of drug-likeness (QED) is 0.426. The molecule has 3 aliphatic rings. The summed E-state index contributed by atoms with van der Waals surface area (Å²) in [5.41, 5.74) is 2.06. The number of nitrogens with zero attached hydrogens (tertiary/aromatic N) is 4. The predicted octanol–water partition coefficient (Wildman–Crippen LogP) is 2.43. The zero-order chi connectivity index (χ0) is 26.5. The number of fused-ring (bicyclic) bond motifs is 1. The van der Waals surface area contributed by atoms with Crippen LogP contribution >= 0.6 is 0 Å². The minimum atomic E-state index is -0.876. The zero-order valence-electron chi connectivity index (χ0n) is 22.2. The molecule has 0 aliphatic carbocycles. The monoisotopic (exact) mass is 516 g/mol. The molecule has 0 bridgehead atoms. The molecule has 0 spiro atoms. The first-order chi connectivity index (χ1) is 17.8. The number of carbonyl (C=O) groups excluding carboxylic acids is 2. The first kappa shape index (κ1) is 27.2. The number of carboxylic acid groups (broad SMARTS) is 1. The van der Waals surface area contributed by atoms with Gasteiger partial charge in [0.1, 0.15) is 5.75 Å². The Labute approximate surface area is 219 Å². The molecule has 1 N–H and O–H groups in total. The van der Waals surface area contributed by atoms with Gasteiger partial charge in [0.05, 0.1) is 25.7 Å². The molecule has 2 fully saturated rings. The molecule has 1 aromatic carbocycles. The first-order valence-corrected chi connectivity index (χ1v) is 13.5. The van der Waals surface area contributed by atoms with Crippen molar-refractivity contribution in [1.82, 2.24) is 19.8 Å². The van der Waals surface area contributed by atoms with E-state index in [-0.39, 0.29) is 30.4 Å². The summed E-state index contributed by atoms with van der Waals surface area (Å²) in [6, 6.07) is 5.53. The molecule has 0 radical (unpaired) electrons. The van der Waals surface area contributed by atoms with Crippen molar-refractivity contribution in [1.29, 1.82) is 0 Å². The van der Waals surface area contributed by atoms with E-state index in [2.05, 4.69) is 6.07 Å². The molecular formula is C27H40N4O6. The lowest BCUT2D eigenvalue weighted by atomic mass is 9.83. The Hall–Kier alpha value is -2.85. The molecule has 3 atom stereocenters. The molecule has 1 aromatic rings. The second-order valence-corrected chi connectivity index (χ2v) is 10.2. The molecule has 2 saturated heterocycles. The third kappa shape index (κ3) is 6.01. The molecule has 0 saturated carbocycles. The molecule has 3 unspecified atom stereocenters. The van der Waals surface area contributed by atoms with Gasteiger partial charge in [-0.3, -0.25) is 19.3 Å². The smallest absolute Gasteiger partial charge is 0.319 e. The van der Waals surface area contributed by atoms with Gasteiger partial charge in [0.2, 0.25) is 0 Å². The number of hydrogen-bond acceptors (Lipinski definition) is 6. The Morgan fingerprint density at radius 3 is 2.70 bits per heavy atom. The maximum atomic E-state index is 13.3. The number of carbonyl (C=O) groups is 3. The Bertz CT molecular complexity index is 988. The average molecular weight is 517 g/mol. The highest BCUT2D eigenvalue weighted by molar-refractivity contribution is 5.78. The normalized spacial score (nSPS) is 23.4.